The van der Waals surface area contributed by atoms with Gasteiger partial charge >= 0.3 is 0 Å². The largest absolute Gasteiger partial charge is 0.419 e. The van der Waals surface area contributed by atoms with Crippen LogP contribution >= 0.6 is 15.9 Å². The first-order valence-electron chi connectivity index (χ1n) is 9.69. The summed E-state index contributed by atoms with van der Waals surface area (Å²) in [5.74, 6) is 1.13. The highest BCUT2D eigenvalue weighted by molar-refractivity contribution is 9.10. The van der Waals surface area contributed by atoms with E-state index in [0.717, 1.165) is 73.1 Å². The molecule has 2 saturated heterocycles. The number of nitrogens with zero attached hydrogens (tertiary/aromatic N) is 5. The van der Waals surface area contributed by atoms with Crippen molar-refractivity contribution in [3.8, 4) is 11.5 Å². The minimum absolute atomic E-state index is 0.0204. The zero-order chi connectivity index (χ0) is 18.9. The Labute approximate surface area is 170 Å². The second-order valence-electron chi connectivity index (χ2n) is 7.19. The Morgan fingerprint density at radius 1 is 1.11 bits per heavy atom. The molecule has 28 heavy (non-hydrogen) atoms. The molecule has 0 amide bonds. The summed E-state index contributed by atoms with van der Waals surface area (Å²) in [6.45, 7) is 4.68. The van der Waals surface area contributed by atoms with Gasteiger partial charge in [0.1, 0.15) is 0 Å². The van der Waals surface area contributed by atoms with Crippen LogP contribution in [-0.4, -0.2) is 57.8 Å². The van der Waals surface area contributed by atoms with E-state index in [9.17, 15) is 0 Å². The fourth-order valence-electron chi connectivity index (χ4n) is 3.81. The molecule has 0 spiro atoms. The molecule has 2 aliphatic rings. The fraction of sp³-hybridized carbons (Fsp3) is 0.526. The van der Waals surface area contributed by atoms with Crippen LogP contribution in [0.4, 0.5) is 0 Å². The predicted octanol–water partition coefficient (Wildman–Crippen LogP) is 3.38. The number of halogens is 1. The molecule has 0 saturated carbocycles. The summed E-state index contributed by atoms with van der Waals surface area (Å²) in [6, 6.07) is 4.07. The molecular formula is C19H22BrN5O3. The third kappa shape index (κ3) is 3.59. The summed E-state index contributed by atoms with van der Waals surface area (Å²) in [6.07, 6.45) is 5.08. The van der Waals surface area contributed by atoms with Gasteiger partial charge in [-0.15, -0.1) is 10.2 Å². The molecule has 0 aliphatic carbocycles. The first kappa shape index (κ1) is 18.2. The fourth-order valence-corrected chi connectivity index (χ4v) is 4.26. The lowest BCUT2D eigenvalue weighted by Gasteiger charge is -2.24. The van der Waals surface area contributed by atoms with Gasteiger partial charge in [-0.3, -0.25) is 4.90 Å². The molecule has 5 rings (SSSR count). The predicted molar refractivity (Wildman–Crippen MR) is 106 cm³/mol. The number of ether oxygens (including phenoxy) is 2. The van der Waals surface area contributed by atoms with Gasteiger partial charge < -0.3 is 13.9 Å². The SMILES string of the molecule is Brc1cc(-c2nnc(CN3CCOCC3)o2)c2cnn(C3CCCCO3)c2c1. The van der Waals surface area contributed by atoms with E-state index in [2.05, 4.69) is 42.2 Å². The number of hydrogen-bond donors (Lipinski definition) is 0. The third-order valence-corrected chi connectivity index (χ3v) is 5.73. The smallest absolute Gasteiger partial charge is 0.248 e. The molecule has 1 unspecified atom stereocenters. The molecule has 0 N–H and O–H groups in total. The second kappa shape index (κ2) is 7.90. The molecular weight excluding hydrogens is 426 g/mol. The number of aromatic nitrogens is 4. The van der Waals surface area contributed by atoms with Crippen LogP contribution in [0.15, 0.2) is 27.2 Å². The van der Waals surface area contributed by atoms with Crippen LogP contribution in [0.25, 0.3) is 22.4 Å². The van der Waals surface area contributed by atoms with Crippen LogP contribution in [-0.2, 0) is 16.0 Å². The Hall–Kier alpha value is -1.81. The van der Waals surface area contributed by atoms with Crippen molar-refractivity contribution in [2.75, 3.05) is 32.9 Å². The minimum atomic E-state index is -0.0204. The van der Waals surface area contributed by atoms with Crippen molar-refractivity contribution in [3.63, 3.8) is 0 Å². The third-order valence-electron chi connectivity index (χ3n) is 5.27. The Morgan fingerprint density at radius 2 is 2.00 bits per heavy atom. The van der Waals surface area contributed by atoms with Gasteiger partial charge in [0, 0.05) is 29.6 Å². The summed E-state index contributed by atoms with van der Waals surface area (Å²) in [5, 5.41) is 14.1. The van der Waals surface area contributed by atoms with Gasteiger partial charge in [0.05, 0.1) is 37.0 Å². The molecule has 9 heteroatoms. The van der Waals surface area contributed by atoms with Crippen molar-refractivity contribution in [2.24, 2.45) is 0 Å². The quantitative estimate of drug-likeness (QED) is 0.606. The van der Waals surface area contributed by atoms with Gasteiger partial charge in [-0.25, -0.2) is 4.68 Å². The lowest BCUT2D eigenvalue weighted by molar-refractivity contribution is -0.0366. The Morgan fingerprint density at radius 3 is 2.82 bits per heavy atom. The Balaban J connectivity index is 1.46. The molecule has 0 bridgehead atoms. The molecule has 2 aromatic heterocycles. The summed E-state index contributed by atoms with van der Waals surface area (Å²) in [5.41, 5.74) is 1.89. The van der Waals surface area contributed by atoms with E-state index in [4.69, 9.17) is 13.9 Å². The summed E-state index contributed by atoms with van der Waals surface area (Å²) < 4.78 is 20.2. The monoisotopic (exact) mass is 447 g/mol. The van der Waals surface area contributed by atoms with Gasteiger partial charge in [0.15, 0.2) is 6.23 Å². The van der Waals surface area contributed by atoms with Crippen molar-refractivity contribution in [1.82, 2.24) is 24.9 Å². The van der Waals surface area contributed by atoms with Crippen LogP contribution in [0, 0.1) is 0 Å². The lowest BCUT2D eigenvalue weighted by atomic mass is 10.1. The van der Waals surface area contributed by atoms with E-state index in [1.54, 1.807) is 0 Å². The van der Waals surface area contributed by atoms with Crippen molar-refractivity contribution >= 4 is 26.8 Å². The summed E-state index contributed by atoms with van der Waals surface area (Å²) >= 11 is 3.62. The summed E-state index contributed by atoms with van der Waals surface area (Å²) in [7, 11) is 0. The maximum Gasteiger partial charge on any atom is 0.248 e. The highest BCUT2D eigenvalue weighted by Crippen LogP contribution is 2.34. The van der Waals surface area contributed by atoms with Crippen molar-refractivity contribution in [2.45, 2.75) is 32.0 Å². The minimum Gasteiger partial charge on any atom is -0.419 e. The van der Waals surface area contributed by atoms with E-state index in [1.165, 1.54) is 0 Å². The van der Waals surface area contributed by atoms with Gasteiger partial charge in [0.2, 0.25) is 11.8 Å². The average Bonchev–Trinajstić information content (AvgIpc) is 3.36. The van der Waals surface area contributed by atoms with Crippen molar-refractivity contribution < 1.29 is 13.9 Å². The van der Waals surface area contributed by atoms with E-state index in [1.807, 2.05) is 16.9 Å². The van der Waals surface area contributed by atoms with E-state index in [0.29, 0.717) is 18.3 Å². The van der Waals surface area contributed by atoms with Gasteiger partial charge in [-0.05, 0) is 31.4 Å². The first-order valence-corrected chi connectivity index (χ1v) is 10.5. The Bertz CT molecular complexity index is 960. The van der Waals surface area contributed by atoms with Gasteiger partial charge in [0.25, 0.3) is 0 Å². The maximum absolute atomic E-state index is 6.00. The van der Waals surface area contributed by atoms with E-state index >= 15 is 0 Å². The molecule has 148 valence electrons. The molecule has 0 radical (unpaired) electrons. The molecule has 3 aromatic rings. The highest BCUT2D eigenvalue weighted by Gasteiger charge is 2.22. The van der Waals surface area contributed by atoms with Crippen LogP contribution < -0.4 is 0 Å². The molecule has 1 atom stereocenters. The van der Waals surface area contributed by atoms with Crippen LogP contribution in [0.2, 0.25) is 0 Å². The Kier molecular flexibility index (Phi) is 5.15. The number of morpholine rings is 1. The zero-order valence-corrected chi connectivity index (χ0v) is 17.1. The molecule has 4 heterocycles. The van der Waals surface area contributed by atoms with Crippen LogP contribution in [0.1, 0.15) is 31.4 Å². The maximum atomic E-state index is 6.00. The normalized spacial score (nSPS) is 21.4. The lowest BCUT2D eigenvalue weighted by Crippen LogP contribution is -2.35. The van der Waals surface area contributed by atoms with Crippen molar-refractivity contribution in [1.29, 1.82) is 0 Å². The average molecular weight is 448 g/mol. The van der Waals surface area contributed by atoms with Crippen LogP contribution in [0.3, 0.4) is 0 Å². The van der Waals surface area contributed by atoms with Gasteiger partial charge in [-0.2, -0.15) is 5.10 Å². The van der Waals surface area contributed by atoms with Crippen molar-refractivity contribution in [3.05, 3.63) is 28.7 Å². The number of fused-ring (bicyclic) bond motifs is 1. The number of rotatable bonds is 4. The molecule has 1 aromatic carbocycles. The standard InChI is InChI=1S/C19H22BrN5O3/c20-13-9-14(19-23-22-17(28-19)12-24-4-7-26-8-5-24)15-11-21-25(16(15)10-13)18-3-1-2-6-27-18/h9-11,18H,1-8,12H2. The highest BCUT2D eigenvalue weighted by atomic mass is 79.9. The second-order valence-corrected chi connectivity index (χ2v) is 8.10. The molecule has 2 fully saturated rings. The first-order chi connectivity index (χ1) is 13.8. The van der Waals surface area contributed by atoms with Gasteiger partial charge in [-0.1, -0.05) is 15.9 Å². The zero-order valence-electron chi connectivity index (χ0n) is 15.5. The number of hydrogen-bond acceptors (Lipinski definition) is 7. The van der Waals surface area contributed by atoms with E-state index in [-0.39, 0.29) is 6.23 Å². The van der Waals surface area contributed by atoms with Crippen LogP contribution in [0.5, 0.6) is 0 Å². The number of benzene rings is 1. The topological polar surface area (TPSA) is 78.4 Å². The molecule has 2 aliphatic heterocycles. The summed E-state index contributed by atoms with van der Waals surface area (Å²) in [4.78, 5) is 2.26. The van der Waals surface area contributed by atoms with E-state index < -0.39 is 0 Å². The molecule has 8 nitrogen and oxygen atoms in total.